The molecule has 0 amide bonds. The van der Waals surface area contributed by atoms with Gasteiger partial charge in [0, 0.05) is 49.7 Å². The van der Waals surface area contributed by atoms with Crippen molar-refractivity contribution in [3.8, 4) is 73.1 Å². The molecule has 63 heavy (non-hydrogen) atoms. The number of para-hydroxylation sites is 2. The zero-order valence-corrected chi connectivity index (χ0v) is 34.2. The topological polar surface area (TPSA) is 43.6 Å². The SMILES string of the molecule is c1ccc(-c2cc(-c3ccc(-n4c5ccccc5c5ccccc54)cc3)nc(-c3cccc(-c4cc5ccccc5c5c(-c6ccccc6)cc(-c6ccccc6)nc45)c3)n2)cc1. The van der Waals surface area contributed by atoms with Gasteiger partial charge < -0.3 is 4.57 Å². The van der Waals surface area contributed by atoms with Gasteiger partial charge in [-0.3, -0.25) is 0 Å². The Hall–Kier alpha value is -8.47. The lowest BCUT2D eigenvalue weighted by molar-refractivity contribution is 1.17. The molecule has 0 saturated heterocycles. The fourth-order valence-corrected chi connectivity index (χ4v) is 9.20. The first-order chi connectivity index (χ1) is 31.2. The Morgan fingerprint density at radius 2 is 0.794 bits per heavy atom. The summed E-state index contributed by atoms with van der Waals surface area (Å²) >= 11 is 0. The van der Waals surface area contributed by atoms with Gasteiger partial charge in [0.05, 0.1) is 33.6 Å². The van der Waals surface area contributed by atoms with E-state index in [4.69, 9.17) is 15.0 Å². The molecular weight excluding hydrogens is 765 g/mol. The predicted molar refractivity (Wildman–Crippen MR) is 262 cm³/mol. The molecule has 3 heterocycles. The molecule has 0 unspecified atom stereocenters. The smallest absolute Gasteiger partial charge is 0.160 e. The van der Waals surface area contributed by atoms with Gasteiger partial charge >= 0.3 is 0 Å². The second-order valence-corrected chi connectivity index (χ2v) is 16.0. The average Bonchev–Trinajstić information content (AvgIpc) is 3.71. The van der Waals surface area contributed by atoms with Gasteiger partial charge in [0.25, 0.3) is 0 Å². The largest absolute Gasteiger partial charge is 0.309 e. The third-order valence-corrected chi connectivity index (χ3v) is 12.2. The molecule has 12 rings (SSSR count). The minimum atomic E-state index is 0.660. The Labute approximate surface area is 365 Å². The first-order valence-corrected chi connectivity index (χ1v) is 21.4. The van der Waals surface area contributed by atoms with Crippen LogP contribution >= 0.6 is 0 Å². The molecule has 0 saturated carbocycles. The van der Waals surface area contributed by atoms with Crippen molar-refractivity contribution in [2.24, 2.45) is 0 Å². The van der Waals surface area contributed by atoms with Crippen molar-refractivity contribution >= 4 is 43.5 Å². The fraction of sp³-hybridized carbons (Fsp3) is 0. The molecule has 0 fully saturated rings. The van der Waals surface area contributed by atoms with Crippen molar-refractivity contribution in [1.82, 2.24) is 19.5 Å². The van der Waals surface area contributed by atoms with Crippen LogP contribution in [0.4, 0.5) is 0 Å². The number of hydrogen-bond donors (Lipinski definition) is 0. The Balaban J connectivity index is 1.03. The first-order valence-electron chi connectivity index (χ1n) is 21.4. The van der Waals surface area contributed by atoms with E-state index in [0.717, 1.165) is 83.6 Å². The maximum Gasteiger partial charge on any atom is 0.160 e. The third-order valence-electron chi connectivity index (χ3n) is 12.2. The molecule has 0 aliphatic carbocycles. The standard InChI is InChI=1S/C59H38N4/c1-4-17-39(18-5-1)50-37-52(40-19-6-2-7-20-40)60-58-51(36-44-23-10-11-26-47(44)57(50)58)43-24-16-25-45(35-43)59-61-53(41-21-8-3-9-22-41)38-54(62-59)42-31-33-46(34-32-42)63-55-29-14-12-27-48(55)49-28-13-15-30-56(49)63/h1-38H. The van der Waals surface area contributed by atoms with Gasteiger partial charge in [-0.25, -0.2) is 15.0 Å². The number of aromatic nitrogens is 4. The quantitative estimate of drug-likeness (QED) is 0.151. The summed E-state index contributed by atoms with van der Waals surface area (Å²) in [6.45, 7) is 0. The van der Waals surface area contributed by atoms with Crippen molar-refractivity contribution in [3.05, 3.63) is 231 Å². The van der Waals surface area contributed by atoms with E-state index >= 15 is 0 Å². The van der Waals surface area contributed by atoms with Crippen molar-refractivity contribution in [3.63, 3.8) is 0 Å². The molecule has 0 atom stereocenters. The Morgan fingerprint density at radius 3 is 1.43 bits per heavy atom. The molecule has 9 aromatic carbocycles. The van der Waals surface area contributed by atoms with E-state index < -0.39 is 0 Å². The average molecular weight is 803 g/mol. The summed E-state index contributed by atoms with van der Waals surface area (Å²) < 4.78 is 2.34. The third kappa shape index (κ3) is 6.44. The van der Waals surface area contributed by atoms with Gasteiger partial charge in [-0.1, -0.05) is 182 Å². The first kappa shape index (κ1) is 36.4. The van der Waals surface area contributed by atoms with Gasteiger partial charge in [-0.15, -0.1) is 0 Å². The van der Waals surface area contributed by atoms with Crippen LogP contribution in [-0.2, 0) is 0 Å². The van der Waals surface area contributed by atoms with Crippen LogP contribution in [0.5, 0.6) is 0 Å². The van der Waals surface area contributed by atoms with Gasteiger partial charge in [-0.2, -0.15) is 0 Å². The molecule has 0 bridgehead atoms. The van der Waals surface area contributed by atoms with E-state index in [-0.39, 0.29) is 0 Å². The Kier molecular flexibility index (Phi) is 8.79. The molecule has 0 spiro atoms. The number of benzene rings is 9. The van der Waals surface area contributed by atoms with Crippen LogP contribution < -0.4 is 0 Å². The van der Waals surface area contributed by atoms with Crippen LogP contribution in [0.2, 0.25) is 0 Å². The summed E-state index contributed by atoms with van der Waals surface area (Å²) in [5.41, 5.74) is 15.5. The molecule has 294 valence electrons. The van der Waals surface area contributed by atoms with Gasteiger partial charge in [0.1, 0.15) is 0 Å². The van der Waals surface area contributed by atoms with E-state index in [1.807, 2.05) is 6.07 Å². The monoisotopic (exact) mass is 802 g/mol. The van der Waals surface area contributed by atoms with Gasteiger partial charge in [0.2, 0.25) is 0 Å². The van der Waals surface area contributed by atoms with Crippen molar-refractivity contribution in [2.75, 3.05) is 0 Å². The summed E-state index contributed by atoms with van der Waals surface area (Å²) in [4.78, 5) is 16.1. The normalized spacial score (nSPS) is 11.5. The summed E-state index contributed by atoms with van der Waals surface area (Å²) in [5.74, 6) is 0.660. The zero-order valence-electron chi connectivity index (χ0n) is 34.2. The van der Waals surface area contributed by atoms with Crippen LogP contribution in [0, 0.1) is 0 Å². The highest BCUT2D eigenvalue weighted by molar-refractivity contribution is 6.18. The van der Waals surface area contributed by atoms with Crippen molar-refractivity contribution in [1.29, 1.82) is 0 Å². The summed E-state index contributed by atoms with van der Waals surface area (Å²) in [7, 11) is 0. The molecule has 12 aromatic rings. The fourth-order valence-electron chi connectivity index (χ4n) is 9.20. The number of nitrogens with zero attached hydrogens (tertiary/aromatic N) is 4. The highest BCUT2D eigenvalue weighted by atomic mass is 15.0. The van der Waals surface area contributed by atoms with Crippen LogP contribution in [0.3, 0.4) is 0 Å². The Bertz CT molecular complexity index is 3600. The maximum absolute atomic E-state index is 5.49. The predicted octanol–water partition coefficient (Wildman–Crippen LogP) is 15.3. The Morgan fingerprint density at radius 1 is 0.302 bits per heavy atom. The summed E-state index contributed by atoms with van der Waals surface area (Å²) in [6, 6.07) is 81.4. The molecule has 3 aromatic heterocycles. The lowest BCUT2D eigenvalue weighted by Gasteiger charge is -2.17. The minimum Gasteiger partial charge on any atom is -0.309 e. The second kappa shape index (κ2) is 15.2. The molecule has 0 aliphatic rings. The highest BCUT2D eigenvalue weighted by Crippen LogP contribution is 2.42. The number of pyridine rings is 1. The summed E-state index contributed by atoms with van der Waals surface area (Å²) in [5, 5.41) is 5.95. The van der Waals surface area contributed by atoms with Crippen LogP contribution in [0.25, 0.3) is 117 Å². The molecule has 4 heteroatoms. The van der Waals surface area contributed by atoms with E-state index in [0.29, 0.717) is 5.82 Å². The van der Waals surface area contributed by atoms with Gasteiger partial charge in [0.15, 0.2) is 5.82 Å². The van der Waals surface area contributed by atoms with E-state index in [9.17, 15) is 0 Å². The number of hydrogen-bond acceptors (Lipinski definition) is 3. The summed E-state index contributed by atoms with van der Waals surface area (Å²) in [6.07, 6.45) is 0. The van der Waals surface area contributed by atoms with Crippen LogP contribution in [0.1, 0.15) is 0 Å². The van der Waals surface area contributed by atoms with Gasteiger partial charge in [-0.05, 0) is 76.0 Å². The maximum atomic E-state index is 5.49. The molecule has 0 radical (unpaired) electrons. The van der Waals surface area contributed by atoms with E-state index in [2.05, 4.69) is 229 Å². The minimum absolute atomic E-state index is 0.660. The lowest BCUT2D eigenvalue weighted by atomic mass is 9.90. The van der Waals surface area contributed by atoms with Crippen LogP contribution in [-0.4, -0.2) is 19.5 Å². The lowest BCUT2D eigenvalue weighted by Crippen LogP contribution is -1.97. The number of rotatable bonds is 7. The second-order valence-electron chi connectivity index (χ2n) is 16.0. The molecule has 0 N–H and O–H groups in total. The molecule has 0 aliphatic heterocycles. The highest BCUT2D eigenvalue weighted by Gasteiger charge is 2.19. The van der Waals surface area contributed by atoms with Crippen LogP contribution in [0.15, 0.2) is 231 Å². The molecular formula is C59H38N4. The zero-order chi connectivity index (χ0) is 41.7. The van der Waals surface area contributed by atoms with E-state index in [1.165, 1.54) is 27.2 Å². The number of fused-ring (bicyclic) bond motifs is 6. The van der Waals surface area contributed by atoms with Crippen molar-refractivity contribution < 1.29 is 0 Å². The van der Waals surface area contributed by atoms with Crippen molar-refractivity contribution in [2.45, 2.75) is 0 Å². The molecule has 4 nitrogen and oxygen atoms in total. The van der Waals surface area contributed by atoms with E-state index in [1.54, 1.807) is 0 Å².